The number of methoxy groups -OCH3 is 3. The molecule has 0 heterocycles. The summed E-state index contributed by atoms with van der Waals surface area (Å²) in [7, 11) is 6.45. The van der Waals surface area contributed by atoms with Crippen molar-refractivity contribution in [1.82, 2.24) is 5.01 Å². The summed E-state index contributed by atoms with van der Waals surface area (Å²) < 4.78 is 16.0. The Hall–Kier alpha value is -2.51. The molecule has 0 fully saturated rings. The number of benzene rings is 2. The Labute approximate surface area is 169 Å². The molecule has 2 aromatic rings. The van der Waals surface area contributed by atoms with E-state index in [9.17, 15) is 0 Å². The third-order valence-electron chi connectivity index (χ3n) is 3.87. The smallest absolute Gasteiger partial charge is 0.203 e. The second-order valence-corrected chi connectivity index (χ2v) is 6.36. The van der Waals surface area contributed by atoms with Gasteiger partial charge in [-0.1, -0.05) is 17.7 Å². The van der Waals surface area contributed by atoms with E-state index >= 15 is 0 Å². The van der Waals surface area contributed by atoms with Crippen LogP contribution in [0.15, 0.2) is 35.4 Å². The lowest BCUT2D eigenvalue weighted by Crippen LogP contribution is -2.27. The zero-order valence-electron chi connectivity index (χ0n) is 15.9. The van der Waals surface area contributed by atoms with Crippen molar-refractivity contribution in [3.05, 3.63) is 46.5 Å². The quantitative estimate of drug-likeness (QED) is 0.437. The van der Waals surface area contributed by atoms with Crippen molar-refractivity contribution in [2.45, 2.75) is 6.92 Å². The van der Waals surface area contributed by atoms with Crippen LogP contribution >= 0.6 is 23.8 Å². The number of anilines is 1. The Morgan fingerprint density at radius 3 is 2.33 bits per heavy atom. The van der Waals surface area contributed by atoms with Gasteiger partial charge in [0.1, 0.15) is 0 Å². The van der Waals surface area contributed by atoms with Crippen LogP contribution in [-0.2, 0) is 0 Å². The topological polar surface area (TPSA) is 55.3 Å². The molecule has 0 aliphatic rings. The fraction of sp³-hybridized carbons (Fsp3) is 0.263. The lowest BCUT2D eigenvalue weighted by molar-refractivity contribution is 0.324. The van der Waals surface area contributed by atoms with Crippen molar-refractivity contribution >= 4 is 40.8 Å². The molecular weight excluding hydrogens is 386 g/mol. The molecule has 1 N–H and O–H groups in total. The SMILES string of the molecule is COc1cc(/C=N/N(C)C(=S)Nc2cccc(Cl)c2C)cc(OC)c1OC. The Kier molecular flexibility index (Phi) is 7.27. The van der Waals surface area contributed by atoms with E-state index in [-0.39, 0.29) is 0 Å². The van der Waals surface area contributed by atoms with Crippen LogP contribution < -0.4 is 19.5 Å². The van der Waals surface area contributed by atoms with Gasteiger partial charge in [-0.3, -0.25) is 0 Å². The van der Waals surface area contributed by atoms with Gasteiger partial charge in [0.15, 0.2) is 16.6 Å². The molecule has 0 radical (unpaired) electrons. The van der Waals surface area contributed by atoms with Crippen molar-refractivity contribution in [1.29, 1.82) is 0 Å². The van der Waals surface area contributed by atoms with E-state index in [0.717, 1.165) is 16.8 Å². The summed E-state index contributed by atoms with van der Waals surface area (Å²) in [5, 5.41) is 10.2. The van der Waals surface area contributed by atoms with Gasteiger partial charge in [-0.25, -0.2) is 5.01 Å². The van der Waals surface area contributed by atoms with Crippen LogP contribution in [0.5, 0.6) is 17.2 Å². The van der Waals surface area contributed by atoms with Crippen molar-refractivity contribution in [3.8, 4) is 17.2 Å². The number of halogens is 1. The first-order valence-electron chi connectivity index (χ1n) is 8.05. The Morgan fingerprint density at radius 1 is 1.15 bits per heavy atom. The van der Waals surface area contributed by atoms with E-state index in [1.165, 1.54) is 0 Å². The van der Waals surface area contributed by atoms with Gasteiger partial charge in [-0.05, 0) is 49.0 Å². The number of hydrogen-bond acceptors (Lipinski definition) is 5. The van der Waals surface area contributed by atoms with Crippen molar-refractivity contribution in [2.75, 3.05) is 33.7 Å². The van der Waals surface area contributed by atoms with Crippen molar-refractivity contribution in [2.24, 2.45) is 5.10 Å². The van der Waals surface area contributed by atoms with Gasteiger partial charge in [0.05, 0.1) is 27.5 Å². The van der Waals surface area contributed by atoms with Gasteiger partial charge in [-0.2, -0.15) is 5.10 Å². The van der Waals surface area contributed by atoms with Gasteiger partial charge in [0, 0.05) is 23.3 Å². The van der Waals surface area contributed by atoms with Crippen LogP contribution in [0, 0.1) is 6.92 Å². The third-order valence-corrected chi connectivity index (χ3v) is 4.65. The van der Waals surface area contributed by atoms with E-state index in [1.54, 1.807) is 51.7 Å². The van der Waals surface area contributed by atoms with Gasteiger partial charge in [0.25, 0.3) is 0 Å². The number of thiocarbonyl (C=S) groups is 1. The van der Waals surface area contributed by atoms with Gasteiger partial charge < -0.3 is 19.5 Å². The normalized spacial score (nSPS) is 10.6. The number of hydrogen-bond donors (Lipinski definition) is 1. The Bertz CT molecular complexity index is 833. The van der Waals surface area contributed by atoms with Crippen LogP contribution in [0.3, 0.4) is 0 Å². The van der Waals surface area contributed by atoms with Gasteiger partial charge >= 0.3 is 0 Å². The summed E-state index contributed by atoms with van der Waals surface area (Å²) in [5.41, 5.74) is 2.53. The van der Waals surface area contributed by atoms with E-state index < -0.39 is 0 Å². The number of rotatable bonds is 6. The number of nitrogens with one attached hydrogen (secondary N) is 1. The molecule has 0 spiro atoms. The Morgan fingerprint density at radius 2 is 1.78 bits per heavy atom. The molecule has 0 aromatic heterocycles. The molecule has 0 bridgehead atoms. The maximum absolute atomic E-state index is 6.14. The predicted molar refractivity (Wildman–Crippen MR) is 114 cm³/mol. The highest BCUT2D eigenvalue weighted by Crippen LogP contribution is 2.37. The second kappa shape index (κ2) is 9.43. The summed E-state index contributed by atoms with van der Waals surface area (Å²) in [6.07, 6.45) is 1.66. The molecule has 0 aliphatic carbocycles. The maximum Gasteiger partial charge on any atom is 0.203 e. The molecule has 144 valence electrons. The minimum absolute atomic E-state index is 0.434. The molecule has 0 atom stereocenters. The molecule has 2 rings (SSSR count). The first kappa shape index (κ1) is 20.8. The standard InChI is InChI=1S/C19H22ClN3O3S/c1-12-14(20)7-6-8-15(12)22-19(27)23(2)21-11-13-9-16(24-3)18(26-5)17(10-13)25-4/h6-11H,1-5H3,(H,22,27)/b21-11+. The second-order valence-electron chi connectivity index (χ2n) is 5.57. The van der Waals surface area contributed by atoms with Gasteiger partial charge in [0.2, 0.25) is 5.75 Å². The highest BCUT2D eigenvalue weighted by molar-refractivity contribution is 7.80. The molecule has 0 saturated carbocycles. The monoisotopic (exact) mass is 407 g/mol. The number of nitrogens with zero attached hydrogens (tertiary/aromatic N) is 2. The van der Waals surface area contributed by atoms with Gasteiger partial charge in [-0.15, -0.1) is 0 Å². The summed E-state index contributed by atoms with van der Waals surface area (Å²) in [6, 6.07) is 9.20. The number of hydrazone groups is 1. The molecular formula is C19H22ClN3O3S. The molecule has 0 amide bonds. The lowest BCUT2D eigenvalue weighted by Gasteiger charge is -2.17. The first-order valence-corrected chi connectivity index (χ1v) is 8.83. The average Bonchev–Trinajstić information content (AvgIpc) is 2.68. The minimum atomic E-state index is 0.434. The summed E-state index contributed by atoms with van der Waals surface area (Å²) in [4.78, 5) is 0. The zero-order chi connectivity index (χ0) is 20.0. The van der Waals surface area contributed by atoms with Crippen LogP contribution in [0.2, 0.25) is 5.02 Å². The fourth-order valence-corrected chi connectivity index (χ4v) is 2.65. The molecule has 0 saturated heterocycles. The first-order chi connectivity index (χ1) is 12.9. The Balaban J connectivity index is 2.17. The van der Waals surface area contributed by atoms with Crippen LogP contribution in [0.25, 0.3) is 0 Å². The fourth-order valence-electron chi connectivity index (χ4n) is 2.32. The van der Waals surface area contributed by atoms with Crippen molar-refractivity contribution < 1.29 is 14.2 Å². The predicted octanol–water partition coefficient (Wildman–Crippen LogP) is 4.34. The summed E-state index contributed by atoms with van der Waals surface area (Å²) >= 11 is 11.5. The largest absolute Gasteiger partial charge is 0.493 e. The molecule has 2 aromatic carbocycles. The van der Waals surface area contributed by atoms with E-state index in [1.807, 2.05) is 25.1 Å². The number of ether oxygens (including phenoxy) is 3. The van der Waals surface area contributed by atoms with E-state index in [4.69, 9.17) is 38.0 Å². The third kappa shape index (κ3) is 5.02. The average molecular weight is 408 g/mol. The molecule has 8 heteroatoms. The summed E-state index contributed by atoms with van der Waals surface area (Å²) in [5.74, 6) is 1.63. The van der Waals surface area contributed by atoms with E-state index in [2.05, 4.69) is 10.4 Å². The molecule has 0 aliphatic heterocycles. The van der Waals surface area contributed by atoms with Crippen LogP contribution in [0.4, 0.5) is 5.69 Å². The van der Waals surface area contributed by atoms with Crippen LogP contribution in [0.1, 0.15) is 11.1 Å². The highest BCUT2D eigenvalue weighted by atomic mass is 35.5. The minimum Gasteiger partial charge on any atom is -0.493 e. The van der Waals surface area contributed by atoms with Crippen molar-refractivity contribution in [3.63, 3.8) is 0 Å². The molecule has 0 unspecified atom stereocenters. The summed E-state index contributed by atoms with van der Waals surface area (Å²) in [6.45, 7) is 1.92. The maximum atomic E-state index is 6.14. The zero-order valence-corrected chi connectivity index (χ0v) is 17.4. The highest BCUT2D eigenvalue weighted by Gasteiger charge is 2.13. The molecule has 6 nitrogen and oxygen atoms in total. The van der Waals surface area contributed by atoms with E-state index in [0.29, 0.717) is 27.4 Å². The molecule has 27 heavy (non-hydrogen) atoms. The van der Waals surface area contributed by atoms with Crippen LogP contribution in [-0.4, -0.2) is 44.7 Å². The lowest BCUT2D eigenvalue weighted by atomic mass is 10.2.